The van der Waals surface area contributed by atoms with Gasteiger partial charge in [-0.05, 0) is 42.9 Å². The quantitative estimate of drug-likeness (QED) is 0.600. The van der Waals surface area contributed by atoms with Gasteiger partial charge in [0, 0.05) is 25.8 Å². The number of anilines is 2. The molecule has 0 atom stereocenters. The molecule has 0 radical (unpaired) electrons. The molecule has 0 fully saturated rings. The number of nitrogens with one attached hydrogen (secondary N) is 2. The third-order valence-corrected chi connectivity index (χ3v) is 3.75. The van der Waals surface area contributed by atoms with E-state index in [1.165, 1.54) is 5.69 Å². The second-order valence-corrected chi connectivity index (χ2v) is 5.60. The SMILES string of the molecule is COc1ccccc1NC(=S)NCCCN(C)c1ccccc1. The molecule has 0 bridgehead atoms. The van der Waals surface area contributed by atoms with Crippen LogP contribution in [0.2, 0.25) is 0 Å². The number of benzene rings is 2. The van der Waals surface area contributed by atoms with Crippen molar-refractivity contribution in [1.29, 1.82) is 0 Å². The Hall–Kier alpha value is -2.27. The van der Waals surface area contributed by atoms with Crippen molar-refractivity contribution in [3.63, 3.8) is 0 Å². The fourth-order valence-corrected chi connectivity index (χ4v) is 2.46. The van der Waals surface area contributed by atoms with Crippen molar-refractivity contribution in [3.05, 3.63) is 54.6 Å². The Morgan fingerprint density at radius 3 is 2.52 bits per heavy atom. The highest BCUT2D eigenvalue weighted by atomic mass is 32.1. The smallest absolute Gasteiger partial charge is 0.170 e. The molecule has 5 heteroatoms. The Morgan fingerprint density at radius 1 is 1.09 bits per heavy atom. The van der Waals surface area contributed by atoms with Gasteiger partial charge in [0.15, 0.2) is 5.11 Å². The van der Waals surface area contributed by atoms with Gasteiger partial charge in [-0.3, -0.25) is 0 Å². The number of hydrogen-bond acceptors (Lipinski definition) is 3. The first-order valence-corrected chi connectivity index (χ1v) is 8.05. The van der Waals surface area contributed by atoms with Gasteiger partial charge in [0.2, 0.25) is 0 Å². The molecule has 122 valence electrons. The van der Waals surface area contributed by atoms with E-state index in [0.29, 0.717) is 5.11 Å². The van der Waals surface area contributed by atoms with Crippen LogP contribution in [0.4, 0.5) is 11.4 Å². The zero-order valence-electron chi connectivity index (χ0n) is 13.6. The predicted octanol–water partition coefficient (Wildman–Crippen LogP) is 3.51. The largest absolute Gasteiger partial charge is 0.495 e. The molecule has 0 spiro atoms. The van der Waals surface area contributed by atoms with E-state index in [1.54, 1.807) is 7.11 Å². The molecule has 23 heavy (non-hydrogen) atoms. The number of hydrogen-bond donors (Lipinski definition) is 2. The second kappa shape index (κ2) is 9.00. The monoisotopic (exact) mass is 329 g/mol. The summed E-state index contributed by atoms with van der Waals surface area (Å²) in [6, 6.07) is 18.1. The Bertz CT molecular complexity index is 619. The fourth-order valence-electron chi connectivity index (χ4n) is 2.24. The molecule has 2 aromatic carbocycles. The maximum absolute atomic E-state index is 5.32. The van der Waals surface area contributed by atoms with Gasteiger partial charge in [-0.1, -0.05) is 30.3 Å². The molecular weight excluding hydrogens is 306 g/mol. The lowest BCUT2D eigenvalue weighted by Gasteiger charge is -2.19. The minimum atomic E-state index is 0.608. The summed E-state index contributed by atoms with van der Waals surface area (Å²) in [5, 5.41) is 7.00. The Balaban J connectivity index is 1.71. The van der Waals surface area contributed by atoms with Gasteiger partial charge < -0.3 is 20.3 Å². The molecule has 2 N–H and O–H groups in total. The standard InChI is InChI=1S/C18H23N3OS/c1-21(15-9-4-3-5-10-15)14-8-13-19-18(23)20-16-11-6-7-12-17(16)22-2/h3-7,9-12H,8,13-14H2,1-2H3,(H2,19,20,23). The maximum atomic E-state index is 5.32. The maximum Gasteiger partial charge on any atom is 0.170 e. The molecule has 0 saturated heterocycles. The lowest BCUT2D eigenvalue weighted by molar-refractivity contribution is 0.417. The van der Waals surface area contributed by atoms with Gasteiger partial charge in [-0.2, -0.15) is 0 Å². The van der Waals surface area contributed by atoms with Crippen LogP contribution >= 0.6 is 12.2 Å². The summed E-state index contributed by atoms with van der Waals surface area (Å²) < 4.78 is 5.30. The number of nitrogens with zero attached hydrogens (tertiary/aromatic N) is 1. The van der Waals surface area contributed by atoms with E-state index in [-0.39, 0.29) is 0 Å². The highest BCUT2D eigenvalue weighted by Crippen LogP contribution is 2.22. The lowest BCUT2D eigenvalue weighted by atomic mass is 10.3. The molecule has 0 aliphatic rings. The van der Waals surface area contributed by atoms with Crippen LogP contribution in [0.5, 0.6) is 5.75 Å². The summed E-state index contributed by atoms with van der Waals surface area (Å²) in [5.74, 6) is 0.778. The van der Waals surface area contributed by atoms with Crippen molar-refractivity contribution in [1.82, 2.24) is 5.32 Å². The van der Waals surface area contributed by atoms with Crippen LogP contribution in [0, 0.1) is 0 Å². The van der Waals surface area contributed by atoms with Crippen LogP contribution < -0.4 is 20.3 Å². The molecule has 0 saturated carbocycles. The first kappa shape index (κ1) is 17.1. The number of para-hydroxylation sites is 3. The zero-order valence-corrected chi connectivity index (χ0v) is 14.4. The topological polar surface area (TPSA) is 36.5 Å². The van der Waals surface area contributed by atoms with E-state index >= 15 is 0 Å². The highest BCUT2D eigenvalue weighted by molar-refractivity contribution is 7.80. The van der Waals surface area contributed by atoms with Crippen molar-refractivity contribution in [2.75, 3.05) is 37.5 Å². The highest BCUT2D eigenvalue weighted by Gasteiger charge is 2.04. The van der Waals surface area contributed by atoms with Gasteiger partial charge in [0.1, 0.15) is 5.75 Å². The third-order valence-electron chi connectivity index (χ3n) is 3.51. The molecule has 0 aliphatic heterocycles. The van der Waals surface area contributed by atoms with Crippen LogP contribution in [0.1, 0.15) is 6.42 Å². The number of ether oxygens (including phenoxy) is 1. The molecule has 0 aromatic heterocycles. The van der Waals surface area contributed by atoms with E-state index in [2.05, 4.69) is 46.8 Å². The third kappa shape index (κ3) is 5.45. The number of methoxy groups -OCH3 is 1. The van der Waals surface area contributed by atoms with Crippen LogP contribution in [0.25, 0.3) is 0 Å². The fraction of sp³-hybridized carbons (Fsp3) is 0.278. The van der Waals surface area contributed by atoms with Gasteiger partial charge in [-0.25, -0.2) is 0 Å². The van der Waals surface area contributed by atoms with Gasteiger partial charge in [0.05, 0.1) is 12.8 Å². The van der Waals surface area contributed by atoms with Crippen LogP contribution in [0.3, 0.4) is 0 Å². The number of thiocarbonyl (C=S) groups is 1. The minimum absolute atomic E-state index is 0.608. The normalized spacial score (nSPS) is 10.0. The van der Waals surface area contributed by atoms with E-state index < -0.39 is 0 Å². The Kier molecular flexibility index (Phi) is 6.69. The number of rotatable bonds is 7. The van der Waals surface area contributed by atoms with Gasteiger partial charge in [0.25, 0.3) is 0 Å². The van der Waals surface area contributed by atoms with E-state index in [9.17, 15) is 0 Å². The zero-order chi connectivity index (χ0) is 16.5. The average Bonchev–Trinajstić information content (AvgIpc) is 2.59. The molecule has 2 aromatic rings. The van der Waals surface area contributed by atoms with Gasteiger partial charge in [-0.15, -0.1) is 0 Å². The first-order chi connectivity index (χ1) is 11.2. The van der Waals surface area contributed by atoms with E-state index in [0.717, 1.165) is 30.9 Å². The van der Waals surface area contributed by atoms with Gasteiger partial charge >= 0.3 is 0 Å². The predicted molar refractivity (Wildman–Crippen MR) is 102 cm³/mol. The summed E-state index contributed by atoms with van der Waals surface area (Å²) in [6.07, 6.45) is 0.999. The summed E-state index contributed by atoms with van der Waals surface area (Å²) in [6.45, 7) is 1.78. The van der Waals surface area contributed by atoms with Crippen molar-refractivity contribution in [2.45, 2.75) is 6.42 Å². The van der Waals surface area contributed by atoms with Crippen molar-refractivity contribution in [3.8, 4) is 5.75 Å². The molecular formula is C18H23N3OS. The first-order valence-electron chi connectivity index (χ1n) is 7.65. The van der Waals surface area contributed by atoms with Crippen molar-refractivity contribution < 1.29 is 4.74 Å². The van der Waals surface area contributed by atoms with Crippen LogP contribution in [-0.4, -0.2) is 32.4 Å². The van der Waals surface area contributed by atoms with E-state index in [4.69, 9.17) is 17.0 Å². The van der Waals surface area contributed by atoms with Crippen LogP contribution in [0.15, 0.2) is 54.6 Å². The molecule has 0 aliphatic carbocycles. The average molecular weight is 329 g/mol. The molecule has 2 rings (SSSR count). The molecule has 4 nitrogen and oxygen atoms in total. The second-order valence-electron chi connectivity index (χ2n) is 5.19. The Morgan fingerprint density at radius 2 is 1.78 bits per heavy atom. The molecule has 0 unspecified atom stereocenters. The summed E-state index contributed by atoms with van der Waals surface area (Å²) >= 11 is 5.32. The lowest BCUT2D eigenvalue weighted by Crippen LogP contribution is -2.31. The van der Waals surface area contributed by atoms with Crippen LogP contribution in [-0.2, 0) is 0 Å². The molecule has 0 heterocycles. The minimum Gasteiger partial charge on any atom is -0.495 e. The van der Waals surface area contributed by atoms with Crippen molar-refractivity contribution in [2.24, 2.45) is 0 Å². The molecule has 0 amide bonds. The summed E-state index contributed by atoms with van der Waals surface area (Å²) in [5.41, 5.74) is 2.09. The van der Waals surface area contributed by atoms with Crippen molar-refractivity contribution >= 4 is 28.7 Å². The summed E-state index contributed by atoms with van der Waals surface area (Å²) in [7, 11) is 3.75. The summed E-state index contributed by atoms with van der Waals surface area (Å²) in [4.78, 5) is 2.23. The van der Waals surface area contributed by atoms with E-state index in [1.807, 2.05) is 30.3 Å². The Labute approximate surface area is 143 Å².